The molecule has 2 aliphatic heterocycles. The molecule has 3 rings (SSSR count). The molecule has 0 spiro atoms. The van der Waals surface area contributed by atoms with Crippen LogP contribution in [0.15, 0.2) is 17.1 Å². The van der Waals surface area contributed by atoms with E-state index in [4.69, 9.17) is 25.8 Å². The van der Waals surface area contributed by atoms with Crippen LogP contribution in [0.3, 0.4) is 0 Å². The van der Waals surface area contributed by atoms with Crippen molar-refractivity contribution >= 4 is 47.6 Å². The molecular formula is C20H30ClIN4O4. The molecule has 0 aliphatic carbocycles. The van der Waals surface area contributed by atoms with Crippen molar-refractivity contribution in [2.24, 2.45) is 4.99 Å². The molecule has 8 nitrogen and oxygen atoms in total. The van der Waals surface area contributed by atoms with E-state index >= 15 is 0 Å². The second kappa shape index (κ2) is 12.3. The molecule has 0 unspecified atom stereocenters. The number of likely N-dealkylation sites (tertiary alicyclic amines) is 1. The largest absolute Gasteiger partial charge is 0.486 e. The summed E-state index contributed by atoms with van der Waals surface area (Å²) in [5, 5.41) is 7.28. The molecule has 0 aromatic heterocycles. The summed E-state index contributed by atoms with van der Waals surface area (Å²) in [5.74, 6) is 2.01. The van der Waals surface area contributed by atoms with E-state index in [2.05, 4.69) is 15.6 Å². The minimum Gasteiger partial charge on any atom is -0.486 e. The number of halogens is 2. The number of hydrogen-bond donors (Lipinski definition) is 2. The van der Waals surface area contributed by atoms with Gasteiger partial charge in [-0.1, -0.05) is 11.6 Å². The molecule has 0 atom stereocenters. The van der Waals surface area contributed by atoms with Crippen LogP contribution < -0.4 is 20.1 Å². The van der Waals surface area contributed by atoms with Crippen molar-refractivity contribution in [1.29, 1.82) is 0 Å². The highest BCUT2D eigenvalue weighted by Gasteiger charge is 2.24. The average Bonchev–Trinajstić information content (AvgIpc) is 2.73. The van der Waals surface area contributed by atoms with Crippen LogP contribution in [-0.2, 0) is 11.3 Å². The molecule has 1 saturated heterocycles. The number of hydrogen-bond acceptors (Lipinski definition) is 5. The third-order valence-electron chi connectivity index (χ3n) is 4.78. The van der Waals surface area contributed by atoms with Gasteiger partial charge in [-0.05, 0) is 44.4 Å². The van der Waals surface area contributed by atoms with Crippen molar-refractivity contribution in [3.63, 3.8) is 0 Å². The van der Waals surface area contributed by atoms with E-state index in [1.54, 1.807) is 4.90 Å². The number of fused-ring (bicyclic) bond motifs is 1. The molecular weight excluding hydrogens is 523 g/mol. The van der Waals surface area contributed by atoms with Gasteiger partial charge in [-0.25, -0.2) is 9.79 Å². The summed E-state index contributed by atoms with van der Waals surface area (Å²) >= 11 is 6.31. The summed E-state index contributed by atoms with van der Waals surface area (Å²) < 4.78 is 16.3. The van der Waals surface area contributed by atoms with Crippen molar-refractivity contribution in [2.45, 2.75) is 39.3 Å². The van der Waals surface area contributed by atoms with Crippen LogP contribution in [-0.4, -0.2) is 62.4 Å². The number of carbonyl (C=O) groups is 1. The summed E-state index contributed by atoms with van der Waals surface area (Å²) in [5.41, 5.74) is 0.952. The van der Waals surface area contributed by atoms with Crippen LogP contribution in [0.4, 0.5) is 4.79 Å². The lowest BCUT2D eigenvalue weighted by atomic mass is 10.1. The van der Waals surface area contributed by atoms with Gasteiger partial charge in [0.05, 0.1) is 18.2 Å². The average molecular weight is 553 g/mol. The minimum absolute atomic E-state index is 0. The SMILES string of the molecule is CCNC(=NCc1cc(Cl)c2c(c1)OCCO2)NC1CCN(C(=O)OCC)CC1.I. The summed E-state index contributed by atoms with van der Waals surface area (Å²) in [4.78, 5) is 18.3. The molecule has 0 radical (unpaired) electrons. The number of ether oxygens (including phenoxy) is 3. The number of piperidine rings is 1. The van der Waals surface area contributed by atoms with Gasteiger partial charge in [0.15, 0.2) is 17.5 Å². The number of aliphatic imine (C=N–C) groups is 1. The molecule has 2 N–H and O–H groups in total. The van der Waals surface area contributed by atoms with Crippen LogP contribution in [0, 0.1) is 0 Å². The van der Waals surface area contributed by atoms with Gasteiger partial charge in [-0.15, -0.1) is 24.0 Å². The van der Waals surface area contributed by atoms with Gasteiger partial charge in [0, 0.05) is 25.7 Å². The summed E-state index contributed by atoms with van der Waals surface area (Å²) in [6, 6.07) is 4.04. The van der Waals surface area contributed by atoms with E-state index < -0.39 is 0 Å². The quantitative estimate of drug-likeness (QED) is 0.331. The van der Waals surface area contributed by atoms with Crippen LogP contribution >= 0.6 is 35.6 Å². The fraction of sp³-hybridized carbons (Fsp3) is 0.600. The monoisotopic (exact) mass is 552 g/mol. The summed E-state index contributed by atoms with van der Waals surface area (Å²) in [6.07, 6.45) is 1.46. The normalized spacial score (nSPS) is 16.5. The Morgan fingerprint density at radius 1 is 1.27 bits per heavy atom. The maximum Gasteiger partial charge on any atom is 0.409 e. The molecule has 1 fully saturated rings. The van der Waals surface area contributed by atoms with Crippen molar-refractivity contribution in [3.05, 3.63) is 22.7 Å². The van der Waals surface area contributed by atoms with Gasteiger partial charge < -0.3 is 29.7 Å². The Balaban J connectivity index is 0.00000320. The highest BCUT2D eigenvalue weighted by atomic mass is 127. The Kier molecular flexibility index (Phi) is 10.1. The van der Waals surface area contributed by atoms with E-state index in [1.807, 2.05) is 26.0 Å². The van der Waals surface area contributed by atoms with Crippen LogP contribution in [0.1, 0.15) is 32.3 Å². The van der Waals surface area contributed by atoms with Gasteiger partial charge in [-0.2, -0.15) is 0 Å². The molecule has 10 heteroatoms. The first-order valence-corrected chi connectivity index (χ1v) is 10.5. The van der Waals surface area contributed by atoms with Gasteiger partial charge in [0.25, 0.3) is 0 Å². The van der Waals surface area contributed by atoms with E-state index in [0.29, 0.717) is 56.0 Å². The van der Waals surface area contributed by atoms with Crippen molar-refractivity contribution in [1.82, 2.24) is 15.5 Å². The molecule has 2 aliphatic rings. The first-order chi connectivity index (χ1) is 14.1. The van der Waals surface area contributed by atoms with Crippen molar-refractivity contribution < 1.29 is 19.0 Å². The lowest BCUT2D eigenvalue weighted by molar-refractivity contribution is 0.0963. The smallest absolute Gasteiger partial charge is 0.409 e. The van der Waals surface area contributed by atoms with Gasteiger partial charge >= 0.3 is 6.09 Å². The van der Waals surface area contributed by atoms with E-state index in [0.717, 1.165) is 30.9 Å². The van der Waals surface area contributed by atoms with E-state index in [9.17, 15) is 4.79 Å². The van der Waals surface area contributed by atoms with Gasteiger partial charge in [0.1, 0.15) is 13.2 Å². The molecule has 0 saturated carbocycles. The Hall–Kier alpha value is -1.62. The fourth-order valence-electron chi connectivity index (χ4n) is 3.36. The first-order valence-electron chi connectivity index (χ1n) is 10.1. The maximum absolute atomic E-state index is 11.8. The number of nitrogens with zero attached hydrogens (tertiary/aromatic N) is 2. The van der Waals surface area contributed by atoms with E-state index in [1.165, 1.54) is 0 Å². The third-order valence-corrected chi connectivity index (χ3v) is 5.06. The minimum atomic E-state index is -0.234. The highest BCUT2D eigenvalue weighted by Crippen LogP contribution is 2.38. The molecule has 168 valence electrons. The number of benzene rings is 1. The zero-order chi connectivity index (χ0) is 20.6. The standard InChI is InChI=1S/C20H29ClN4O4.HI/c1-3-22-19(24-15-5-7-25(8-6-15)20(26)27-4-2)23-13-14-11-16(21)18-17(12-14)28-9-10-29-18;/h11-12,15H,3-10,13H2,1-2H3,(H2,22,23,24);1H. The molecule has 1 aromatic rings. The molecule has 2 heterocycles. The lowest BCUT2D eigenvalue weighted by Crippen LogP contribution is -2.49. The fourth-order valence-corrected chi connectivity index (χ4v) is 3.65. The van der Waals surface area contributed by atoms with Crippen LogP contribution in [0.25, 0.3) is 0 Å². The van der Waals surface area contributed by atoms with E-state index in [-0.39, 0.29) is 36.1 Å². The van der Waals surface area contributed by atoms with Crippen molar-refractivity contribution in [2.75, 3.05) is 39.5 Å². The Morgan fingerprint density at radius 3 is 2.70 bits per heavy atom. The Bertz CT molecular complexity index is 742. The Morgan fingerprint density at radius 2 is 2.00 bits per heavy atom. The first kappa shape index (κ1) is 24.6. The zero-order valence-electron chi connectivity index (χ0n) is 17.4. The second-order valence-corrected chi connectivity index (χ2v) is 7.31. The number of amides is 1. The zero-order valence-corrected chi connectivity index (χ0v) is 20.5. The second-order valence-electron chi connectivity index (χ2n) is 6.90. The van der Waals surface area contributed by atoms with Crippen LogP contribution in [0.2, 0.25) is 5.02 Å². The van der Waals surface area contributed by atoms with Crippen molar-refractivity contribution in [3.8, 4) is 11.5 Å². The predicted molar refractivity (Wildman–Crippen MR) is 127 cm³/mol. The maximum atomic E-state index is 11.8. The van der Waals surface area contributed by atoms with Crippen LogP contribution in [0.5, 0.6) is 11.5 Å². The molecule has 30 heavy (non-hydrogen) atoms. The number of guanidine groups is 1. The highest BCUT2D eigenvalue weighted by molar-refractivity contribution is 14.0. The molecule has 1 amide bonds. The van der Waals surface area contributed by atoms with Gasteiger partial charge in [0.2, 0.25) is 0 Å². The number of nitrogens with one attached hydrogen (secondary N) is 2. The number of carbonyl (C=O) groups excluding carboxylic acids is 1. The Labute approximate surface area is 199 Å². The predicted octanol–water partition coefficient (Wildman–Crippen LogP) is 3.41. The third kappa shape index (κ3) is 6.69. The lowest BCUT2D eigenvalue weighted by Gasteiger charge is -2.32. The van der Waals surface area contributed by atoms with Gasteiger partial charge in [-0.3, -0.25) is 0 Å². The molecule has 0 bridgehead atoms. The molecule has 1 aromatic carbocycles. The topological polar surface area (TPSA) is 84.4 Å². The summed E-state index contributed by atoms with van der Waals surface area (Å²) in [7, 11) is 0. The number of rotatable bonds is 5. The summed E-state index contributed by atoms with van der Waals surface area (Å²) in [6.45, 7) is 7.85.